The Hall–Kier alpha value is -1.92. The maximum absolute atomic E-state index is 6.30. The average Bonchev–Trinajstić information content (AvgIpc) is 3.05. The van der Waals surface area contributed by atoms with Crippen molar-refractivity contribution in [2.75, 3.05) is 36.0 Å². The summed E-state index contributed by atoms with van der Waals surface area (Å²) in [6, 6.07) is 6.08. The van der Waals surface area contributed by atoms with Gasteiger partial charge in [-0.1, -0.05) is 13.0 Å². The molecule has 7 heteroatoms. The summed E-state index contributed by atoms with van der Waals surface area (Å²) in [5, 5.41) is 1.61. The van der Waals surface area contributed by atoms with Crippen LogP contribution in [0.5, 0.6) is 0 Å². The summed E-state index contributed by atoms with van der Waals surface area (Å²) in [5.74, 6) is 2.82. The molecule has 0 saturated carbocycles. The van der Waals surface area contributed by atoms with Gasteiger partial charge in [-0.25, -0.2) is 9.97 Å². The number of halogens is 1. The fourth-order valence-electron chi connectivity index (χ4n) is 4.21. The second-order valence-electron chi connectivity index (χ2n) is 7.51. The molecule has 0 spiro atoms. The third kappa shape index (κ3) is 3.15. The van der Waals surface area contributed by atoms with Crippen LogP contribution >= 0.6 is 22.9 Å². The molecule has 3 aromatic heterocycles. The van der Waals surface area contributed by atoms with Gasteiger partial charge in [-0.3, -0.25) is 0 Å². The average molecular weight is 400 g/mol. The molecule has 4 heterocycles. The number of fused-ring (bicyclic) bond motifs is 3. The monoisotopic (exact) mass is 399 g/mol. The minimum absolute atomic E-state index is 0.358. The molecule has 27 heavy (non-hydrogen) atoms. The van der Waals surface area contributed by atoms with Crippen LogP contribution in [0.1, 0.15) is 23.8 Å². The summed E-state index contributed by atoms with van der Waals surface area (Å²) in [7, 11) is 0. The highest BCUT2D eigenvalue weighted by atomic mass is 35.5. The number of rotatable bonds is 2. The fraction of sp³-hybridized carbons (Fsp3) is 0.450. The van der Waals surface area contributed by atoms with E-state index in [1.165, 1.54) is 22.2 Å². The van der Waals surface area contributed by atoms with Crippen LogP contribution in [-0.2, 0) is 12.8 Å². The number of thiophene rings is 1. The second-order valence-corrected chi connectivity index (χ2v) is 8.93. The van der Waals surface area contributed by atoms with E-state index in [4.69, 9.17) is 11.6 Å². The van der Waals surface area contributed by atoms with Crippen LogP contribution in [0.3, 0.4) is 0 Å². The number of aryl methyl sites for hydroxylation is 1. The van der Waals surface area contributed by atoms with Gasteiger partial charge in [0.1, 0.15) is 16.5 Å². The first-order chi connectivity index (χ1) is 13.2. The molecule has 5 nitrogen and oxygen atoms in total. The lowest BCUT2D eigenvalue weighted by Gasteiger charge is -2.36. The van der Waals surface area contributed by atoms with Crippen molar-refractivity contribution in [3.8, 4) is 0 Å². The summed E-state index contributed by atoms with van der Waals surface area (Å²) >= 11 is 8.11. The molecule has 3 aromatic rings. The molecule has 0 radical (unpaired) electrons. The number of nitrogens with zero attached hydrogens (tertiary/aromatic N) is 5. The van der Waals surface area contributed by atoms with Crippen molar-refractivity contribution in [1.29, 1.82) is 0 Å². The van der Waals surface area contributed by atoms with Gasteiger partial charge in [-0.2, -0.15) is 4.98 Å². The SMILES string of the molecule is CC1CCc2c(sc3nc(Cl)nc(N4CCN(c5ccccn5)CC4)c23)C1. The molecule has 0 N–H and O–H groups in total. The van der Waals surface area contributed by atoms with Gasteiger partial charge in [-0.15, -0.1) is 11.3 Å². The Bertz CT molecular complexity index is 965. The van der Waals surface area contributed by atoms with Crippen LogP contribution in [0.4, 0.5) is 11.6 Å². The smallest absolute Gasteiger partial charge is 0.225 e. The first kappa shape index (κ1) is 17.2. The lowest BCUT2D eigenvalue weighted by molar-refractivity contribution is 0.509. The Balaban J connectivity index is 1.47. The van der Waals surface area contributed by atoms with Crippen molar-refractivity contribution in [2.24, 2.45) is 5.92 Å². The zero-order valence-corrected chi connectivity index (χ0v) is 16.9. The minimum Gasteiger partial charge on any atom is -0.353 e. The first-order valence-electron chi connectivity index (χ1n) is 9.58. The quantitative estimate of drug-likeness (QED) is 0.604. The summed E-state index contributed by atoms with van der Waals surface area (Å²) in [4.78, 5) is 20.9. The zero-order chi connectivity index (χ0) is 18.4. The number of hydrogen-bond acceptors (Lipinski definition) is 6. The fourth-order valence-corrected chi connectivity index (χ4v) is 5.81. The summed E-state index contributed by atoms with van der Waals surface area (Å²) in [6.07, 6.45) is 5.38. The van der Waals surface area contributed by atoms with Crippen LogP contribution in [0.2, 0.25) is 5.28 Å². The van der Waals surface area contributed by atoms with Crippen molar-refractivity contribution >= 4 is 44.8 Å². The minimum atomic E-state index is 0.358. The van der Waals surface area contributed by atoms with Gasteiger partial charge < -0.3 is 9.80 Å². The maximum Gasteiger partial charge on any atom is 0.225 e. The number of pyridine rings is 1. The lowest BCUT2D eigenvalue weighted by atomic mass is 9.89. The molecule has 5 rings (SSSR count). The van der Waals surface area contributed by atoms with Crippen molar-refractivity contribution in [3.63, 3.8) is 0 Å². The summed E-state index contributed by atoms with van der Waals surface area (Å²) < 4.78 is 0. The number of hydrogen-bond donors (Lipinski definition) is 0. The Morgan fingerprint density at radius 1 is 1.11 bits per heavy atom. The predicted molar refractivity (Wildman–Crippen MR) is 112 cm³/mol. The normalized spacial score (nSPS) is 20.1. The van der Waals surface area contributed by atoms with E-state index in [9.17, 15) is 0 Å². The molecule has 1 atom stereocenters. The Kier molecular flexibility index (Phi) is 4.40. The van der Waals surface area contributed by atoms with Crippen molar-refractivity contribution in [1.82, 2.24) is 15.0 Å². The third-order valence-corrected chi connectivity index (χ3v) is 6.98. The van der Waals surface area contributed by atoms with Crippen LogP contribution in [0.25, 0.3) is 10.2 Å². The molecule has 0 amide bonds. The predicted octanol–water partition coefficient (Wildman–Crippen LogP) is 4.19. The molecular formula is C20H22ClN5S. The van der Waals surface area contributed by atoms with Gasteiger partial charge in [0.05, 0.1) is 5.39 Å². The Morgan fingerprint density at radius 3 is 2.70 bits per heavy atom. The number of anilines is 2. The van der Waals surface area contributed by atoms with Crippen LogP contribution in [-0.4, -0.2) is 41.1 Å². The van der Waals surface area contributed by atoms with E-state index in [0.717, 1.165) is 61.4 Å². The van der Waals surface area contributed by atoms with E-state index in [-0.39, 0.29) is 0 Å². The molecule has 1 aliphatic heterocycles. The molecule has 0 aromatic carbocycles. The number of piperazine rings is 1. The number of aromatic nitrogens is 3. The highest BCUT2D eigenvalue weighted by Crippen LogP contribution is 2.41. The van der Waals surface area contributed by atoms with E-state index in [1.807, 2.05) is 29.7 Å². The summed E-state index contributed by atoms with van der Waals surface area (Å²) in [6.45, 7) is 6.04. The van der Waals surface area contributed by atoms with E-state index >= 15 is 0 Å². The molecule has 0 bridgehead atoms. The van der Waals surface area contributed by atoms with E-state index in [1.54, 1.807) is 0 Å². The summed E-state index contributed by atoms with van der Waals surface area (Å²) in [5.41, 5.74) is 1.46. The van der Waals surface area contributed by atoms with Crippen molar-refractivity contribution in [2.45, 2.75) is 26.2 Å². The third-order valence-electron chi connectivity index (χ3n) is 5.66. The Morgan fingerprint density at radius 2 is 1.93 bits per heavy atom. The van der Waals surface area contributed by atoms with Gasteiger partial charge in [0, 0.05) is 37.3 Å². The molecule has 1 fully saturated rings. The second kappa shape index (κ2) is 6.91. The Labute approximate surface area is 168 Å². The van der Waals surface area contributed by atoms with Crippen molar-refractivity contribution in [3.05, 3.63) is 40.1 Å². The zero-order valence-electron chi connectivity index (χ0n) is 15.4. The molecule has 1 saturated heterocycles. The molecule has 1 unspecified atom stereocenters. The van der Waals surface area contributed by atoms with Gasteiger partial charge in [0.2, 0.25) is 5.28 Å². The maximum atomic E-state index is 6.30. The van der Waals surface area contributed by atoms with E-state index < -0.39 is 0 Å². The largest absolute Gasteiger partial charge is 0.353 e. The van der Waals surface area contributed by atoms with Gasteiger partial charge >= 0.3 is 0 Å². The van der Waals surface area contributed by atoms with Crippen LogP contribution in [0.15, 0.2) is 24.4 Å². The lowest BCUT2D eigenvalue weighted by Crippen LogP contribution is -2.47. The van der Waals surface area contributed by atoms with Crippen molar-refractivity contribution < 1.29 is 0 Å². The van der Waals surface area contributed by atoms with E-state index in [0.29, 0.717) is 5.28 Å². The molecular weight excluding hydrogens is 378 g/mol. The van der Waals surface area contributed by atoms with Gasteiger partial charge in [0.15, 0.2) is 0 Å². The highest BCUT2D eigenvalue weighted by molar-refractivity contribution is 7.19. The van der Waals surface area contributed by atoms with E-state index in [2.05, 4.69) is 37.7 Å². The standard InChI is InChI=1S/C20H22ClN5S/c1-13-5-6-14-15(12-13)27-19-17(14)18(23-20(21)24-19)26-10-8-25(9-11-26)16-4-2-3-7-22-16/h2-4,7,13H,5-6,8-12H2,1H3. The van der Waals surface area contributed by atoms with Crippen LogP contribution in [0, 0.1) is 5.92 Å². The highest BCUT2D eigenvalue weighted by Gasteiger charge is 2.27. The molecule has 1 aliphatic carbocycles. The molecule has 140 valence electrons. The van der Waals surface area contributed by atoms with Crippen LogP contribution < -0.4 is 9.80 Å². The van der Waals surface area contributed by atoms with Gasteiger partial charge in [-0.05, 0) is 54.5 Å². The topological polar surface area (TPSA) is 45.2 Å². The molecule has 2 aliphatic rings. The van der Waals surface area contributed by atoms with Gasteiger partial charge in [0.25, 0.3) is 0 Å². The first-order valence-corrected chi connectivity index (χ1v) is 10.8.